The van der Waals surface area contributed by atoms with Gasteiger partial charge in [0.15, 0.2) is 5.75 Å². The SMILES string of the molecule is CC(C)(C)c1ccc(COc2cnccc2C(=O)O)cc1. The number of pyridine rings is 1. The molecule has 0 aliphatic carbocycles. The van der Waals surface area contributed by atoms with Crippen LogP contribution in [0.3, 0.4) is 0 Å². The van der Waals surface area contributed by atoms with Gasteiger partial charge in [0.05, 0.1) is 6.20 Å². The second-order valence-corrected chi connectivity index (χ2v) is 5.91. The first kappa shape index (κ1) is 15.0. The van der Waals surface area contributed by atoms with Gasteiger partial charge in [-0.15, -0.1) is 0 Å². The summed E-state index contributed by atoms with van der Waals surface area (Å²) in [5, 5.41) is 9.08. The van der Waals surface area contributed by atoms with Crippen LogP contribution in [0.15, 0.2) is 42.7 Å². The molecule has 2 aromatic rings. The number of ether oxygens (including phenoxy) is 1. The molecule has 0 unspecified atom stereocenters. The van der Waals surface area contributed by atoms with Gasteiger partial charge >= 0.3 is 5.97 Å². The second-order valence-electron chi connectivity index (χ2n) is 5.91. The zero-order valence-electron chi connectivity index (χ0n) is 12.5. The molecule has 0 saturated carbocycles. The van der Waals surface area contributed by atoms with Crippen molar-refractivity contribution >= 4 is 5.97 Å². The monoisotopic (exact) mass is 285 g/mol. The predicted octanol–water partition coefficient (Wildman–Crippen LogP) is 3.66. The number of aromatic nitrogens is 1. The molecule has 2 rings (SSSR count). The summed E-state index contributed by atoms with van der Waals surface area (Å²) in [6.07, 6.45) is 2.86. The normalized spacial score (nSPS) is 11.2. The van der Waals surface area contributed by atoms with Crippen LogP contribution < -0.4 is 4.74 Å². The summed E-state index contributed by atoms with van der Waals surface area (Å²) in [6, 6.07) is 9.56. The van der Waals surface area contributed by atoms with Crippen LogP contribution in [0.5, 0.6) is 5.75 Å². The van der Waals surface area contributed by atoms with Crippen LogP contribution in [0.1, 0.15) is 42.3 Å². The van der Waals surface area contributed by atoms with E-state index in [2.05, 4.69) is 37.9 Å². The number of aromatic carboxylic acids is 1. The molecule has 21 heavy (non-hydrogen) atoms. The van der Waals surface area contributed by atoms with Gasteiger partial charge in [0.2, 0.25) is 0 Å². The van der Waals surface area contributed by atoms with Crippen molar-refractivity contribution in [1.82, 2.24) is 4.98 Å². The zero-order valence-corrected chi connectivity index (χ0v) is 12.5. The summed E-state index contributed by atoms with van der Waals surface area (Å²) in [7, 11) is 0. The summed E-state index contributed by atoms with van der Waals surface area (Å²) < 4.78 is 5.57. The van der Waals surface area contributed by atoms with Crippen molar-refractivity contribution in [3.05, 3.63) is 59.4 Å². The average molecular weight is 285 g/mol. The third kappa shape index (κ3) is 3.81. The molecule has 0 radical (unpaired) electrons. The highest BCUT2D eigenvalue weighted by atomic mass is 16.5. The molecule has 0 amide bonds. The molecule has 0 spiro atoms. The molecule has 0 aliphatic heterocycles. The smallest absolute Gasteiger partial charge is 0.339 e. The third-order valence-corrected chi connectivity index (χ3v) is 3.23. The molecule has 0 fully saturated rings. The number of rotatable bonds is 4. The van der Waals surface area contributed by atoms with E-state index in [0.717, 1.165) is 5.56 Å². The first-order valence-electron chi connectivity index (χ1n) is 6.77. The Morgan fingerprint density at radius 2 is 1.86 bits per heavy atom. The average Bonchev–Trinajstić information content (AvgIpc) is 2.45. The molecular weight excluding hydrogens is 266 g/mol. The maximum Gasteiger partial charge on any atom is 0.339 e. The van der Waals surface area contributed by atoms with Gasteiger partial charge in [-0.1, -0.05) is 45.0 Å². The molecule has 4 heteroatoms. The number of hydrogen-bond donors (Lipinski definition) is 1. The molecule has 1 N–H and O–H groups in total. The van der Waals surface area contributed by atoms with Gasteiger partial charge in [0.25, 0.3) is 0 Å². The van der Waals surface area contributed by atoms with E-state index in [1.165, 1.54) is 24.0 Å². The Morgan fingerprint density at radius 1 is 1.19 bits per heavy atom. The van der Waals surface area contributed by atoms with Crippen LogP contribution in [-0.4, -0.2) is 16.1 Å². The quantitative estimate of drug-likeness (QED) is 0.931. The Morgan fingerprint density at radius 3 is 2.43 bits per heavy atom. The van der Waals surface area contributed by atoms with Gasteiger partial charge in [-0.3, -0.25) is 4.98 Å². The lowest BCUT2D eigenvalue weighted by molar-refractivity contribution is 0.0691. The van der Waals surface area contributed by atoms with Crippen molar-refractivity contribution in [2.24, 2.45) is 0 Å². The van der Waals surface area contributed by atoms with Crippen LogP contribution in [0, 0.1) is 0 Å². The van der Waals surface area contributed by atoms with E-state index in [9.17, 15) is 4.79 Å². The van der Waals surface area contributed by atoms with Crippen LogP contribution in [0.25, 0.3) is 0 Å². The number of benzene rings is 1. The lowest BCUT2D eigenvalue weighted by Gasteiger charge is -2.19. The third-order valence-electron chi connectivity index (χ3n) is 3.23. The first-order valence-corrected chi connectivity index (χ1v) is 6.77. The van der Waals surface area contributed by atoms with E-state index in [4.69, 9.17) is 9.84 Å². The van der Waals surface area contributed by atoms with Crippen LogP contribution in [0.4, 0.5) is 0 Å². The maximum absolute atomic E-state index is 11.1. The zero-order chi connectivity index (χ0) is 15.5. The van der Waals surface area contributed by atoms with E-state index in [1.54, 1.807) is 0 Å². The van der Waals surface area contributed by atoms with E-state index in [0.29, 0.717) is 6.61 Å². The molecule has 0 aliphatic rings. The minimum atomic E-state index is -1.02. The molecule has 1 aromatic carbocycles. The Labute approximate surface area is 124 Å². The topological polar surface area (TPSA) is 59.4 Å². The highest BCUT2D eigenvalue weighted by molar-refractivity contribution is 5.90. The first-order chi connectivity index (χ1) is 9.88. The lowest BCUT2D eigenvalue weighted by Crippen LogP contribution is -2.11. The van der Waals surface area contributed by atoms with Gasteiger partial charge in [-0.05, 0) is 22.6 Å². The van der Waals surface area contributed by atoms with E-state index < -0.39 is 5.97 Å². The summed E-state index contributed by atoms with van der Waals surface area (Å²) in [5.74, 6) is -0.736. The minimum absolute atomic E-state index is 0.110. The molecule has 4 nitrogen and oxygen atoms in total. The molecule has 110 valence electrons. The highest BCUT2D eigenvalue weighted by Gasteiger charge is 2.13. The molecule has 0 saturated heterocycles. The Kier molecular flexibility index (Phi) is 4.26. The molecule has 0 atom stereocenters. The summed E-state index contributed by atoms with van der Waals surface area (Å²) >= 11 is 0. The molecular formula is C17H19NO3. The van der Waals surface area contributed by atoms with Gasteiger partial charge < -0.3 is 9.84 Å². The van der Waals surface area contributed by atoms with E-state index in [1.807, 2.05) is 12.1 Å². The fourth-order valence-corrected chi connectivity index (χ4v) is 1.93. The van der Waals surface area contributed by atoms with Crippen LogP contribution >= 0.6 is 0 Å². The molecule has 1 heterocycles. The maximum atomic E-state index is 11.1. The second kappa shape index (κ2) is 5.95. The van der Waals surface area contributed by atoms with Crippen molar-refractivity contribution in [3.8, 4) is 5.75 Å². The molecule has 0 bridgehead atoms. The number of carboxylic acid groups (broad SMARTS) is 1. The minimum Gasteiger partial charge on any atom is -0.486 e. The van der Waals surface area contributed by atoms with Gasteiger partial charge in [-0.2, -0.15) is 0 Å². The van der Waals surface area contributed by atoms with Gasteiger partial charge in [0, 0.05) is 6.20 Å². The number of carbonyl (C=O) groups is 1. The molecule has 1 aromatic heterocycles. The number of carboxylic acids is 1. The summed E-state index contributed by atoms with van der Waals surface area (Å²) in [5.41, 5.74) is 2.47. The van der Waals surface area contributed by atoms with Crippen molar-refractivity contribution in [3.63, 3.8) is 0 Å². The summed E-state index contributed by atoms with van der Waals surface area (Å²) in [4.78, 5) is 15.0. The largest absolute Gasteiger partial charge is 0.486 e. The van der Waals surface area contributed by atoms with Crippen molar-refractivity contribution < 1.29 is 14.6 Å². The predicted molar refractivity (Wildman–Crippen MR) is 80.7 cm³/mol. The highest BCUT2D eigenvalue weighted by Crippen LogP contribution is 2.23. The number of nitrogens with zero attached hydrogens (tertiary/aromatic N) is 1. The van der Waals surface area contributed by atoms with Gasteiger partial charge in [-0.25, -0.2) is 4.79 Å². The number of hydrogen-bond acceptors (Lipinski definition) is 3. The van der Waals surface area contributed by atoms with Crippen molar-refractivity contribution in [2.75, 3.05) is 0 Å². The van der Waals surface area contributed by atoms with E-state index in [-0.39, 0.29) is 16.7 Å². The summed E-state index contributed by atoms with van der Waals surface area (Å²) in [6.45, 7) is 6.80. The Bertz CT molecular complexity index is 627. The van der Waals surface area contributed by atoms with Crippen molar-refractivity contribution in [1.29, 1.82) is 0 Å². The van der Waals surface area contributed by atoms with Crippen molar-refractivity contribution in [2.45, 2.75) is 32.8 Å². The standard InChI is InChI=1S/C17H19NO3/c1-17(2,3)13-6-4-12(5-7-13)11-21-15-10-18-9-8-14(15)16(19)20/h4-10H,11H2,1-3H3,(H,19,20). The lowest BCUT2D eigenvalue weighted by atomic mass is 9.87. The Hall–Kier alpha value is -2.36. The van der Waals surface area contributed by atoms with E-state index >= 15 is 0 Å². The Balaban J connectivity index is 2.09. The van der Waals surface area contributed by atoms with Crippen LogP contribution in [-0.2, 0) is 12.0 Å². The van der Waals surface area contributed by atoms with Crippen LogP contribution in [0.2, 0.25) is 0 Å². The van der Waals surface area contributed by atoms with Gasteiger partial charge in [0.1, 0.15) is 12.2 Å². The fourth-order valence-electron chi connectivity index (χ4n) is 1.93. The fraction of sp³-hybridized carbons (Fsp3) is 0.294.